The summed E-state index contributed by atoms with van der Waals surface area (Å²) in [6.45, 7) is 6.33. The van der Waals surface area contributed by atoms with E-state index in [0.29, 0.717) is 0 Å². The van der Waals surface area contributed by atoms with Crippen molar-refractivity contribution in [3.63, 3.8) is 0 Å². The zero-order chi connectivity index (χ0) is 15.6. The molecule has 0 saturated heterocycles. The number of benzene rings is 2. The fourth-order valence-corrected chi connectivity index (χ4v) is 3.52. The number of methoxy groups -OCH3 is 1. The van der Waals surface area contributed by atoms with Crippen LogP contribution in [0.5, 0.6) is 5.75 Å². The highest BCUT2D eigenvalue weighted by Gasteiger charge is 2.21. The first-order chi connectivity index (χ1) is 9.97. The molecule has 0 heterocycles. The molecule has 0 spiro atoms. The molecule has 21 heavy (non-hydrogen) atoms. The van der Waals surface area contributed by atoms with Gasteiger partial charge in [0.25, 0.3) is 0 Å². The molecule has 2 aromatic rings. The first kappa shape index (κ1) is 16.1. The van der Waals surface area contributed by atoms with Crippen LogP contribution < -0.4 is 10.1 Å². The first-order valence-corrected chi connectivity index (χ1v) is 7.85. The Labute approximate surface area is 135 Å². The Morgan fingerprint density at radius 3 is 2.33 bits per heavy atom. The van der Waals surface area contributed by atoms with Crippen molar-refractivity contribution in [1.82, 2.24) is 5.32 Å². The molecule has 0 fully saturated rings. The van der Waals surface area contributed by atoms with E-state index in [1.807, 2.05) is 7.05 Å². The van der Waals surface area contributed by atoms with Gasteiger partial charge in [0.2, 0.25) is 0 Å². The molecule has 0 amide bonds. The fourth-order valence-electron chi connectivity index (χ4n) is 2.80. The number of aryl methyl sites for hydroxylation is 3. The lowest BCUT2D eigenvalue weighted by Gasteiger charge is -2.24. The average Bonchev–Trinajstić information content (AvgIpc) is 2.42. The SMILES string of the molecule is CNC(c1ccc(C)cc1Br)c1c(C)cc(C)cc1OC. The van der Waals surface area contributed by atoms with Crippen molar-refractivity contribution in [2.45, 2.75) is 26.8 Å². The van der Waals surface area contributed by atoms with Crippen molar-refractivity contribution in [2.75, 3.05) is 14.2 Å². The van der Waals surface area contributed by atoms with Crippen LogP contribution in [0, 0.1) is 20.8 Å². The number of hydrogen-bond acceptors (Lipinski definition) is 2. The van der Waals surface area contributed by atoms with Crippen LogP contribution in [0.25, 0.3) is 0 Å². The van der Waals surface area contributed by atoms with Crippen LogP contribution in [0.3, 0.4) is 0 Å². The van der Waals surface area contributed by atoms with Gasteiger partial charge in [-0.05, 0) is 62.2 Å². The van der Waals surface area contributed by atoms with Gasteiger partial charge in [0, 0.05) is 10.0 Å². The van der Waals surface area contributed by atoms with Gasteiger partial charge in [-0.15, -0.1) is 0 Å². The molecule has 0 aromatic heterocycles. The molecule has 0 saturated carbocycles. The summed E-state index contributed by atoms with van der Waals surface area (Å²) in [7, 11) is 3.71. The Balaban J connectivity index is 2.61. The van der Waals surface area contributed by atoms with Crippen LogP contribution in [0.4, 0.5) is 0 Å². The van der Waals surface area contributed by atoms with Crippen molar-refractivity contribution in [3.8, 4) is 5.75 Å². The standard InChI is InChI=1S/C18H22BrNO/c1-11-6-7-14(15(19)9-11)18(20-4)17-13(3)8-12(2)10-16(17)21-5/h6-10,18,20H,1-5H3. The van der Waals surface area contributed by atoms with Crippen molar-refractivity contribution in [2.24, 2.45) is 0 Å². The van der Waals surface area contributed by atoms with E-state index in [1.165, 1.54) is 27.8 Å². The van der Waals surface area contributed by atoms with Crippen LogP contribution in [0.1, 0.15) is 33.9 Å². The number of rotatable bonds is 4. The smallest absolute Gasteiger partial charge is 0.124 e. The fraction of sp³-hybridized carbons (Fsp3) is 0.333. The van der Waals surface area contributed by atoms with Crippen molar-refractivity contribution < 1.29 is 4.74 Å². The zero-order valence-corrected chi connectivity index (χ0v) is 14.8. The summed E-state index contributed by atoms with van der Waals surface area (Å²) >= 11 is 3.69. The number of halogens is 1. The van der Waals surface area contributed by atoms with E-state index < -0.39 is 0 Å². The first-order valence-electron chi connectivity index (χ1n) is 7.06. The van der Waals surface area contributed by atoms with Crippen LogP contribution >= 0.6 is 15.9 Å². The quantitative estimate of drug-likeness (QED) is 0.865. The third-order valence-corrected chi connectivity index (χ3v) is 4.44. The van der Waals surface area contributed by atoms with E-state index in [1.54, 1.807) is 7.11 Å². The molecule has 2 aromatic carbocycles. The maximum Gasteiger partial charge on any atom is 0.124 e. The number of nitrogens with one attached hydrogen (secondary N) is 1. The van der Waals surface area contributed by atoms with Gasteiger partial charge >= 0.3 is 0 Å². The molecule has 3 heteroatoms. The Hall–Kier alpha value is -1.32. The largest absolute Gasteiger partial charge is 0.496 e. The van der Waals surface area contributed by atoms with Crippen LogP contribution in [-0.2, 0) is 0 Å². The van der Waals surface area contributed by atoms with E-state index >= 15 is 0 Å². The molecule has 1 atom stereocenters. The van der Waals surface area contributed by atoms with Gasteiger partial charge in [0.05, 0.1) is 13.2 Å². The van der Waals surface area contributed by atoms with Gasteiger partial charge in [-0.1, -0.05) is 34.1 Å². The molecule has 0 aliphatic rings. The molecule has 0 bridgehead atoms. The number of ether oxygens (including phenoxy) is 1. The second-order valence-electron chi connectivity index (χ2n) is 5.44. The summed E-state index contributed by atoms with van der Waals surface area (Å²) in [6, 6.07) is 10.8. The van der Waals surface area contributed by atoms with Crippen molar-refractivity contribution in [1.29, 1.82) is 0 Å². The van der Waals surface area contributed by atoms with Gasteiger partial charge in [-0.25, -0.2) is 0 Å². The highest BCUT2D eigenvalue weighted by atomic mass is 79.9. The molecule has 0 aliphatic heterocycles. The van der Waals surface area contributed by atoms with E-state index in [9.17, 15) is 0 Å². The highest BCUT2D eigenvalue weighted by molar-refractivity contribution is 9.10. The summed E-state index contributed by atoms with van der Waals surface area (Å²) < 4.78 is 6.73. The maximum atomic E-state index is 5.62. The Bertz CT molecular complexity index is 652. The average molecular weight is 348 g/mol. The van der Waals surface area contributed by atoms with Gasteiger partial charge in [0.1, 0.15) is 5.75 Å². The van der Waals surface area contributed by atoms with E-state index in [4.69, 9.17) is 4.74 Å². The van der Waals surface area contributed by atoms with Gasteiger partial charge in [-0.2, -0.15) is 0 Å². The minimum Gasteiger partial charge on any atom is -0.496 e. The molecule has 0 aliphatic carbocycles. The lowest BCUT2D eigenvalue weighted by molar-refractivity contribution is 0.404. The summed E-state index contributed by atoms with van der Waals surface area (Å²) in [5.41, 5.74) is 6.10. The predicted molar refractivity (Wildman–Crippen MR) is 92.2 cm³/mol. The van der Waals surface area contributed by atoms with Crippen LogP contribution in [-0.4, -0.2) is 14.2 Å². The highest BCUT2D eigenvalue weighted by Crippen LogP contribution is 2.36. The molecule has 2 nitrogen and oxygen atoms in total. The molecular formula is C18H22BrNO. The van der Waals surface area contributed by atoms with Crippen molar-refractivity contribution in [3.05, 3.63) is 62.6 Å². The van der Waals surface area contributed by atoms with E-state index in [-0.39, 0.29) is 6.04 Å². The van der Waals surface area contributed by atoms with Gasteiger partial charge in [-0.3, -0.25) is 0 Å². The summed E-state index contributed by atoms with van der Waals surface area (Å²) in [4.78, 5) is 0. The van der Waals surface area contributed by atoms with Gasteiger partial charge in [0.15, 0.2) is 0 Å². The summed E-state index contributed by atoms with van der Waals surface area (Å²) in [6.07, 6.45) is 0. The van der Waals surface area contributed by atoms with Crippen LogP contribution in [0.15, 0.2) is 34.8 Å². The molecule has 2 rings (SSSR count). The molecule has 1 unspecified atom stereocenters. The Kier molecular flexibility index (Phi) is 5.07. The molecular weight excluding hydrogens is 326 g/mol. The number of hydrogen-bond donors (Lipinski definition) is 1. The van der Waals surface area contributed by atoms with Crippen molar-refractivity contribution >= 4 is 15.9 Å². The maximum absolute atomic E-state index is 5.62. The normalized spacial score (nSPS) is 12.3. The topological polar surface area (TPSA) is 21.3 Å². The van der Waals surface area contributed by atoms with E-state index in [0.717, 1.165) is 10.2 Å². The Morgan fingerprint density at radius 1 is 1.05 bits per heavy atom. The minimum absolute atomic E-state index is 0.0931. The second kappa shape index (κ2) is 6.63. The van der Waals surface area contributed by atoms with E-state index in [2.05, 4.69) is 72.3 Å². The summed E-state index contributed by atoms with van der Waals surface area (Å²) in [5, 5.41) is 3.42. The monoisotopic (exact) mass is 347 g/mol. The molecule has 0 radical (unpaired) electrons. The lowest BCUT2D eigenvalue weighted by Crippen LogP contribution is -2.20. The summed E-state index contributed by atoms with van der Waals surface area (Å²) in [5.74, 6) is 0.930. The van der Waals surface area contributed by atoms with Crippen LogP contribution in [0.2, 0.25) is 0 Å². The second-order valence-corrected chi connectivity index (χ2v) is 6.30. The minimum atomic E-state index is 0.0931. The third kappa shape index (κ3) is 3.30. The predicted octanol–water partition coefficient (Wildman–Crippen LogP) is 4.69. The Morgan fingerprint density at radius 2 is 1.76 bits per heavy atom. The molecule has 1 N–H and O–H groups in total. The third-order valence-electron chi connectivity index (χ3n) is 3.76. The zero-order valence-electron chi connectivity index (χ0n) is 13.3. The lowest BCUT2D eigenvalue weighted by atomic mass is 9.92. The molecule has 112 valence electrons. The van der Waals surface area contributed by atoms with Gasteiger partial charge < -0.3 is 10.1 Å².